The summed E-state index contributed by atoms with van der Waals surface area (Å²) in [6, 6.07) is 10.9. The van der Waals surface area contributed by atoms with Crippen LogP contribution in [0.2, 0.25) is 0 Å². The molecule has 2 aromatic rings. The van der Waals surface area contributed by atoms with Gasteiger partial charge in [0.1, 0.15) is 12.4 Å². The minimum absolute atomic E-state index is 1.12. The van der Waals surface area contributed by atoms with Gasteiger partial charge in [-0.05, 0) is 31.2 Å². The molecule has 1 heterocycles. The standard InChI is InChI=1S/C32H55N2/c1-3-4-5-6-7-8-9-10-11-12-13-14-15-16-17-18-22-27-33-29-30-34(31(33)2)28-23-26-32-24-20-19-21-25-32/h19-21,24-25,29-30H,3-18,22-23,26-28H2,1-2H3/q+1. The molecule has 1 aromatic carbocycles. The Labute approximate surface area is 212 Å². The highest BCUT2D eigenvalue weighted by molar-refractivity contribution is 5.14. The van der Waals surface area contributed by atoms with Crippen molar-refractivity contribution in [2.24, 2.45) is 0 Å². The highest BCUT2D eigenvalue weighted by Crippen LogP contribution is 2.14. The summed E-state index contributed by atoms with van der Waals surface area (Å²) in [5.41, 5.74) is 1.45. The molecule has 0 radical (unpaired) electrons. The zero-order valence-electron chi connectivity index (χ0n) is 22.8. The number of imidazole rings is 1. The van der Waals surface area contributed by atoms with E-state index in [9.17, 15) is 0 Å². The van der Waals surface area contributed by atoms with Gasteiger partial charge in [-0.15, -0.1) is 0 Å². The lowest BCUT2D eigenvalue weighted by Gasteiger charge is -2.04. The van der Waals surface area contributed by atoms with Crippen LogP contribution in [0.5, 0.6) is 0 Å². The average Bonchev–Trinajstić information content (AvgIpc) is 3.21. The minimum Gasteiger partial charge on any atom is -0.234 e. The monoisotopic (exact) mass is 467 g/mol. The SMILES string of the molecule is CCCCCCCCCCCCCCCCCCCn1cc[n+](CCCc2ccccc2)c1C. The van der Waals surface area contributed by atoms with Gasteiger partial charge >= 0.3 is 0 Å². The molecule has 0 fully saturated rings. The number of hydrogen-bond acceptors (Lipinski definition) is 0. The first-order valence-corrected chi connectivity index (χ1v) is 14.9. The molecule has 0 aliphatic rings. The number of aryl methyl sites for hydroxylation is 3. The van der Waals surface area contributed by atoms with Crippen molar-refractivity contribution in [3.63, 3.8) is 0 Å². The summed E-state index contributed by atoms with van der Waals surface area (Å²) in [4.78, 5) is 0. The van der Waals surface area contributed by atoms with Crippen molar-refractivity contribution < 1.29 is 4.57 Å². The lowest BCUT2D eigenvalue weighted by atomic mass is 10.0. The van der Waals surface area contributed by atoms with Gasteiger partial charge in [0.25, 0.3) is 5.82 Å². The van der Waals surface area contributed by atoms with E-state index in [4.69, 9.17) is 0 Å². The van der Waals surface area contributed by atoms with E-state index < -0.39 is 0 Å². The zero-order chi connectivity index (χ0) is 24.1. The average molecular weight is 468 g/mol. The quantitative estimate of drug-likeness (QED) is 0.120. The fraction of sp³-hybridized carbons (Fsp3) is 0.719. The predicted molar refractivity (Wildman–Crippen MR) is 148 cm³/mol. The van der Waals surface area contributed by atoms with Crippen LogP contribution >= 0.6 is 0 Å². The molecule has 1 aromatic heterocycles. The van der Waals surface area contributed by atoms with Crippen LogP contribution in [0.3, 0.4) is 0 Å². The first-order chi connectivity index (χ1) is 16.8. The van der Waals surface area contributed by atoms with Crippen LogP contribution in [0.4, 0.5) is 0 Å². The van der Waals surface area contributed by atoms with Crippen molar-refractivity contribution in [3.05, 3.63) is 54.1 Å². The minimum atomic E-state index is 1.12. The highest BCUT2D eigenvalue weighted by atomic mass is 15.1. The van der Waals surface area contributed by atoms with E-state index in [-0.39, 0.29) is 0 Å². The third kappa shape index (κ3) is 13.4. The molecule has 2 rings (SSSR count). The number of nitrogens with zero attached hydrogens (tertiary/aromatic N) is 2. The van der Waals surface area contributed by atoms with Gasteiger partial charge in [0, 0.05) is 6.92 Å². The summed E-state index contributed by atoms with van der Waals surface area (Å²) in [7, 11) is 0. The van der Waals surface area contributed by atoms with Crippen molar-refractivity contribution >= 4 is 0 Å². The molecule has 0 saturated carbocycles. The van der Waals surface area contributed by atoms with Crippen LogP contribution in [-0.2, 0) is 19.5 Å². The molecule has 0 unspecified atom stereocenters. The lowest BCUT2D eigenvalue weighted by molar-refractivity contribution is -0.702. The van der Waals surface area contributed by atoms with Crippen molar-refractivity contribution in [2.75, 3.05) is 0 Å². The van der Waals surface area contributed by atoms with Gasteiger partial charge < -0.3 is 0 Å². The van der Waals surface area contributed by atoms with Crippen molar-refractivity contribution in [2.45, 2.75) is 149 Å². The van der Waals surface area contributed by atoms with Crippen molar-refractivity contribution in [1.82, 2.24) is 4.57 Å². The third-order valence-corrected chi connectivity index (χ3v) is 7.47. The number of benzene rings is 1. The summed E-state index contributed by atoms with van der Waals surface area (Å²) in [5.74, 6) is 1.41. The van der Waals surface area contributed by atoms with Gasteiger partial charge in [-0.3, -0.25) is 0 Å². The van der Waals surface area contributed by atoms with Crippen LogP contribution in [0.1, 0.15) is 134 Å². The summed E-state index contributed by atoms with van der Waals surface area (Å²) in [6.07, 6.45) is 31.4. The number of aromatic nitrogens is 2. The smallest absolute Gasteiger partial charge is 0.234 e. The third-order valence-electron chi connectivity index (χ3n) is 7.47. The Morgan fingerprint density at radius 3 is 1.65 bits per heavy atom. The van der Waals surface area contributed by atoms with E-state index in [1.54, 1.807) is 0 Å². The molecule has 0 bridgehead atoms. The fourth-order valence-corrected chi connectivity index (χ4v) is 5.12. The largest absolute Gasteiger partial charge is 0.253 e. The predicted octanol–water partition coefficient (Wildman–Crippen LogP) is 9.37. The Hall–Kier alpha value is -1.57. The second kappa shape index (κ2) is 19.7. The van der Waals surface area contributed by atoms with Gasteiger partial charge in [-0.25, -0.2) is 9.13 Å². The molecule has 2 nitrogen and oxygen atoms in total. The number of hydrogen-bond donors (Lipinski definition) is 0. The molecule has 0 aliphatic heterocycles. The van der Waals surface area contributed by atoms with Gasteiger partial charge in [0.05, 0.1) is 13.1 Å². The molecule has 0 atom stereocenters. The molecule has 2 heteroatoms. The van der Waals surface area contributed by atoms with Crippen LogP contribution in [0, 0.1) is 6.92 Å². The Balaban J connectivity index is 1.37. The van der Waals surface area contributed by atoms with E-state index >= 15 is 0 Å². The molecule has 0 saturated heterocycles. The van der Waals surface area contributed by atoms with Crippen LogP contribution in [0.15, 0.2) is 42.7 Å². The topological polar surface area (TPSA) is 8.81 Å². The van der Waals surface area contributed by atoms with E-state index in [0.717, 1.165) is 13.0 Å². The Morgan fingerprint density at radius 1 is 0.618 bits per heavy atom. The lowest BCUT2D eigenvalue weighted by Crippen LogP contribution is -2.35. The Morgan fingerprint density at radius 2 is 1.12 bits per heavy atom. The zero-order valence-corrected chi connectivity index (χ0v) is 22.8. The maximum atomic E-state index is 2.45. The molecule has 192 valence electrons. The Kier molecular flexibility index (Phi) is 16.6. The van der Waals surface area contributed by atoms with E-state index in [1.165, 1.54) is 134 Å². The molecule has 0 N–H and O–H groups in total. The molecule has 0 amide bonds. The van der Waals surface area contributed by atoms with Crippen LogP contribution < -0.4 is 4.57 Å². The van der Waals surface area contributed by atoms with E-state index in [2.05, 4.69) is 65.7 Å². The van der Waals surface area contributed by atoms with Gasteiger partial charge in [-0.1, -0.05) is 134 Å². The van der Waals surface area contributed by atoms with Crippen LogP contribution in [-0.4, -0.2) is 4.57 Å². The number of unbranched alkanes of at least 4 members (excludes halogenated alkanes) is 16. The van der Waals surface area contributed by atoms with Gasteiger partial charge in [-0.2, -0.15) is 0 Å². The second-order valence-corrected chi connectivity index (χ2v) is 10.5. The summed E-state index contributed by atoms with van der Waals surface area (Å²) in [5, 5.41) is 0. The van der Waals surface area contributed by atoms with Crippen molar-refractivity contribution in [1.29, 1.82) is 0 Å². The molecule has 0 spiro atoms. The second-order valence-electron chi connectivity index (χ2n) is 10.5. The molecule has 34 heavy (non-hydrogen) atoms. The summed E-state index contributed by atoms with van der Waals surface area (Å²) >= 11 is 0. The summed E-state index contributed by atoms with van der Waals surface area (Å²) in [6.45, 7) is 6.87. The maximum absolute atomic E-state index is 2.45. The maximum Gasteiger partial charge on any atom is 0.253 e. The van der Waals surface area contributed by atoms with E-state index in [0.29, 0.717) is 0 Å². The first kappa shape index (κ1) is 28.7. The fourth-order valence-electron chi connectivity index (χ4n) is 5.12. The van der Waals surface area contributed by atoms with Gasteiger partial charge in [0.15, 0.2) is 0 Å². The summed E-state index contributed by atoms with van der Waals surface area (Å²) < 4.78 is 4.88. The Bertz CT molecular complexity index is 703. The highest BCUT2D eigenvalue weighted by Gasteiger charge is 2.11. The van der Waals surface area contributed by atoms with E-state index in [1.807, 2.05) is 0 Å². The first-order valence-electron chi connectivity index (χ1n) is 14.9. The normalized spacial score (nSPS) is 11.4. The van der Waals surface area contributed by atoms with Crippen molar-refractivity contribution in [3.8, 4) is 0 Å². The van der Waals surface area contributed by atoms with Crippen LogP contribution in [0.25, 0.3) is 0 Å². The van der Waals surface area contributed by atoms with Gasteiger partial charge in [0.2, 0.25) is 0 Å². The molecule has 0 aliphatic carbocycles. The number of rotatable bonds is 22. The molecular weight excluding hydrogens is 412 g/mol. The molecular formula is C32H55N2+.